The minimum Gasteiger partial charge on any atom is -0.481 e. The maximum absolute atomic E-state index is 13.9. The summed E-state index contributed by atoms with van der Waals surface area (Å²) >= 11 is 0. The molecule has 2 unspecified atom stereocenters. The third-order valence-corrected chi connectivity index (χ3v) is 5.23. The molecule has 138 valence electrons. The summed E-state index contributed by atoms with van der Waals surface area (Å²) < 4.78 is 13.9. The molecule has 2 atom stereocenters. The van der Waals surface area contributed by atoms with E-state index in [1.807, 2.05) is 42.5 Å². The van der Waals surface area contributed by atoms with Crippen molar-refractivity contribution in [3.05, 3.63) is 77.7 Å². The molecule has 1 saturated heterocycles. The molecular weight excluding hydrogens is 343 g/mol. The third kappa shape index (κ3) is 3.69. The van der Waals surface area contributed by atoms with Gasteiger partial charge in [0.15, 0.2) is 0 Å². The van der Waals surface area contributed by atoms with Gasteiger partial charge < -0.3 is 5.11 Å². The van der Waals surface area contributed by atoms with Crippen LogP contribution in [-0.2, 0) is 4.79 Å². The molecule has 0 radical (unpaired) electrons. The van der Waals surface area contributed by atoms with Crippen molar-refractivity contribution in [3.8, 4) is 0 Å². The van der Waals surface area contributed by atoms with Gasteiger partial charge in [0, 0.05) is 11.9 Å². The Labute approximate surface area is 157 Å². The van der Waals surface area contributed by atoms with Crippen LogP contribution in [0.2, 0.25) is 0 Å². The van der Waals surface area contributed by atoms with Crippen LogP contribution < -0.4 is 0 Å². The van der Waals surface area contributed by atoms with E-state index in [9.17, 15) is 14.3 Å². The Morgan fingerprint density at radius 2 is 2.00 bits per heavy atom. The van der Waals surface area contributed by atoms with E-state index >= 15 is 0 Å². The van der Waals surface area contributed by atoms with Crippen molar-refractivity contribution in [2.45, 2.75) is 18.9 Å². The molecule has 1 fully saturated rings. The number of benzene rings is 2. The number of fused-ring (bicyclic) bond motifs is 1. The number of rotatable bonds is 4. The van der Waals surface area contributed by atoms with Gasteiger partial charge in [-0.3, -0.25) is 14.7 Å². The van der Waals surface area contributed by atoms with E-state index in [1.54, 1.807) is 6.07 Å². The monoisotopic (exact) mass is 364 g/mol. The van der Waals surface area contributed by atoms with Crippen molar-refractivity contribution in [1.82, 2.24) is 9.88 Å². The molecule has 4 nitrogen and oxygen atoms in total. The topological polar surface area (TPSA) is 53.4 Å². The minimum absolute atomic E-state index is 0.271. The smallest absolute Gasteiger partial charge is 0.307 e. The van der Waals surface area contributed by atoms with E-state index in [0.29, 0.717) is 13.0 Å². The third-order valence-electron chi connectivity index (χ3n) is 5.23. The SMILES string of the molecule is O=C(O)C1CCCN(C(c2cccc(F)c2)c2ccc3ccccc3n2)C1. The van der Waals surface area contributed by atoms with Crippen molar-refractivity contribution in [1.29, 1.82) is 0 Å². The Hall–Kier alpha value is -2.79. The van der Waals surface area contributed by atoms with E-state index in [4.69, 9.17) is 4.98 Å². The van der Waals surface area contributed by atoms with E-state index in [1.165, 1.54) is 12.1 Å². The Morgan fingerprint density at radius 3 is 2.81 bits per heavy atom. The summed E-state index contributed by atoms with van der Waals surface area (Å²) in [6.45, 7) is 1.20. The number of carboxylic acid groups (broad SMARTS) is 1. The van der Waals surface area contributed by atoms with Gasteiger partial charge in [-0.05, 0) is 49.2 Å². The molecule has 1 aliphatic rings. The van der Waals surface area contributed by atoms with Crippen LogP contribution >= 0.6 is 0 Å². The highest BCUT2D eigenvalue weighted by atomic mass is 19.1. The molecule has 1 aliphatic heterocycles. The number of hydrogen-bond donors (Lipinski definition) is 1. The van der Waals surface area contributed by atoms with Gasteiger partial charge in [0.05, 0.1) is 23.2 Å². The van der Waals surface area contributed by atoms with Crippen molar-refractivity contribution in [2.75, 3.05) is 13.1 Å². The predicted molar refractivity (Wildman–Crippen MR) is 102 cm³/mol. The van der Waals surface area contributed by atoms with Gasteiger partial charge in [-0.2, -0.15) is 0 Å². The minimum atomic E-state index is -0.774. The van der Waals surface area contributed by atoms with Crippen LogP contribution in [0.15, 0.2) is 60.7 Å². The second-order valence-corrected chi connectivity index (χ2v) is 7.06. The summed E-state index contributed by atoms with van der Waals surface area (Å²) in [5.41, 5.74) is 2.48. The molecule has 5 heteroatoms. The number of aromatic nitrogens is 1. The summed E-state index contributed by atoms with van der Waals surface area (Å²) in [5, 5.41) is 10.5. The van der Waals surface area contributed by atoms with Gasteiger partial charge in [-0.25, -0.2) is 4.39 Å². The van der Waals surface area contributed by atoms with Gasteiger partial charge in [0.1, 0.15) is 5.82 Å². The molecule has 27 heavy (non-hydrogen) atoms. The van der Waals surface area contributed by atoms with Gasteiger partial charge >= 0.3 is 5.97 Å². The van der Waals surface area contributed by atoms with E-state index in [0.717, 1.165) is 35.1 Å². The van der Waals surface area contributed by atoms with Crippen molar-refractivity contribution in [2.24, 2.45) is 5.92 Å². The van der Waals surface area contributed by atoms with Crippen LogP contribution in [-0.4, -0.2) is 34.0 Å². The quantitative estimate of drug-likeness (QED) is 0.752. The van der Waals surface area contributed by atoms with Gasteiger partial charge in [-0.15, -0.1) is 0 Å². The number of nitrogens with zero attached hydrogens (tertiary/aromatic N) is 2. The number of aliphatic carboxylic acids is 1. The molecule has 0 aliphatic carbocycles. The molecule has 0 saturated carbocycles. The number of halogens is 1. The molecule has 1 aromatic heterocycles. The molecule has 2 heterocycles. The van der Waals surface area contributed by atoms with Gasteiger partial charge in [0.2, 0.25) is 0 Å². The molecule has 2 aromatic carbocycles. The summed E-state index contributed by atoms with van der Waals surface area (Å²) in [4.78, 5) is 18.5. The molecule has 4 rings (SSSR count). The van der Waals surface area contributed by atoms with Crippen LogP contribution in [0, 0.1) is 11.7 Å². The zero-order chi connectivity index (χ0) is 18.8. The lowest BCUT2D eigenvalue weighted by atomic mass is 9.93. The number of piperidine rings is 1. The van der Waals surface area contributed by atoms with Crippen LogP contribution in [0.5, 0.6) is 0 Å². The van der Waals surface area contributed by atoms with Crippen LogP contribution in [0.25, 0.3) is 10.9 Å². The van der Waals surface area contributed by atoms with Crippen LogP contribution in [0.4, 0.5) is 4.39 Å². The average molecular weight is 364 g/mol. The fraction of sp³-hybridized carbons (Fsp3) is 0.273. The van der Waals surface area contributed by atoms with Crippen LogP contribution in [0.3, 0.4) is 0 Å². The molecule has 0 bridgehead atoms. The Bertz CT molecular complexity index is 975. The normalized spacial score (nSPS) is 19.1. The summed E-state index contributed by atoms with van der Waals surface area (Å²) in [7, 11) is 0. The first-order chi connectivity index (χ1) is 13.1. The molecule has 3 aromatic rings. The number of hydrogen-bond acceptors (Lipinski definition) is 3. The molecular formula is C22H21FN2O2. The highest BCUT2D eigenvalue weighted by Gasteiger charge is 2.32. The van der Waals surface area contributed by atoms with Crippen molar-refractivity contribution < 1.29 is 14.3 Å². The zero-order valence-electron chi connectivity index (χ0n) is 14.9. The first kappa shape index (κ1) is 17.6. The van der Waals surface area contributed by atoms with Crippen LogP contribution in [0.1, 0.15) is 30.1 Å². The first-order valence-corrected chi connectivity index (χ1v) is 9.20. The predicted octanol–water partition coefficient (Wildman–Crippen LogP) is 4.26. The second kappa shape index (κ2) is 7.45. The number of carboxylic acids is 1. The van der Waals surface area contributed by atoms with Gasteiger partial charge in [0.25, 0.3) is 0 Å². The highest BCUT2D eigenvalue weighted by Crippen LogP contribution is 2.33. The molecule has 0 amide bonds. The molecule has 1 N–H and O–H groups in total. The lowest BCUT2D eigenvalue weighted by Crippen LogP contribution is -2.41. The summed E-state index contributed by atoms with van der Waals surface area (Å²) in [6, 6.07) is 18.1. The van der Waals surface area contributed by atoms with Crippen molar-refractivity contribution >= 4 is 16.9 Å². The van der Waals surface area contributed by atoms with E-state index in [-0.39, 0.29) is 11.9 Å². The largest absolute Gasteiger partial charge is 0.481 e. The standard InChI is InChI=1S/C22H21FN2O2/c23-18-8-3-6-16(13-18)21(25-12-4-7-17(14-25)22(26)27)20-11-10-15-5-1-2-9-19(15)24-20/h1-3,5-6,8-11,13,17,21H,4,7,12,14H2,(H,26,27). The Kier molecular flexibility index (Phi) is 4.86. The number of pyridine rings is 1. The lowest BCUT2D eigenvalue weighted by molar-refractivity contribution is -0.143. The maximum Gasteiger partial charge on any atom is 0.307 e. The Balaban J connectivity index is 1.78. The van der Waals surface area contributed by atoms with Crippen molar-refractivity contribution in [3.63, 3.8) is 0 Å². The fourth-order valence-corrected chi connectivity index (χ4v) is 3.92. The zero-order valence-corrected chi connectivity index (χ0v) is 14.9. The lowest BCUT2D eigenvalue weighted by Gasteiger charge is -2.37. The average Bonchev–Trinajstić information content (AvgIpc) is 2.68. The van der Waals surface area contributed by atoms with E-state index < -0.39 is 11.9 Å². The number of carbonyl (C=O) groups is 1. The molecule has 0 spiro atoms. The maximum atomic E-state index is 13.9. The van der Waals surface area contributed by atoms with E-state index in [2.05, 4.69) is 4.90 Å². The van der Waals surface area contributed by atoms with Gasteiger partial charge in [-0.1, -0.05) is 36.4 Å². The number of likely N-dealkylation sites (tertiary alicyclic amines) is 1. The summed E-state index contributed by atoms with van der Waals surface area (Å²) in [6.07, 6.45) is 1.48. The summed E-state index contributed by atoms with van der Waals surface area (Å²) in [5.74, 6) is -1.48. The fourth-order valence-electron chi connectivity index (χ4n) is 3.92. The first-order valence-electron chi connectivity index (χ1n) is 9.20. The highest BCUT2D eigenvalue weighted by molar-refractivity contribution is 5.78. The number of para-hydroxylation sites is 1. The Morgan fingerprint density at radius 1 is 1.15 bits per heavy atom. The second-order valence-electron chi connectivity index (χ2n) is 7.06.